The highest BCUT2D eigenvalue weighted by Gasteiger charge is 2.22. The van der Waals surface area contributed by atoms with Crippen LogP contribution in [0.15, 0.2) is 55.0 Å². The molecule has 33 heavy (non-hydrogen) atoms. The topological polar surface area (TPSA) is 124 Å². The van der Waals surface area contributed by atoms with Gasteiger partial charge in [0.2, 0.25) is 0 Å². The first-order valence-corrected chi connectivity index (χ1v) is 10.1. The molecule has 0 aliphatic heterocycles. The standard InChI is InChI=1S/C23H21FN6O3/c1-3-33-22(31)18-11-30-20(21(25)26-12-27-30)19(18)14-4-6-16(7-5-14)28-23(32)29-17-9-13(2)8-15(24)10-17/h4-12H,3H2,1-2H3,(H2,25,26,27)(H2,28,29,32). The normalized spacial score (nSPS) is 10.8. The molecule has 0 atom stereocenters. The summed E-state index contributed by atoms with van der Waals surface area (Å²) in [6.45, 7) is 3.67. The quantitative estimate of drug-likeness (QED) is 0.392. The van der Waals surface area contributed by atoms with Gasteiger partial charge >= 0.3 is 12.0 Å². The van der Waals surface area contributed by atoms with E-state index in [1.807, 2.05) is 0 Å². The molecule has 168 valence electrons. The Labute approximate surface area is 188 Å². The number of hydrogen-bond donors (Lipinski definition) is 3. The summed E-state index contributed by atoms with van der Waals surface area (Å²) in [6.07, 6.45) is 2.84. The predicted molar refractivity (Wildman–Crippen MR) is 123 cm³/mol. The lowest BCUT2D eigenvalue weighted by Gasteiger charge is -2.10. The van der Waals surface area contributed by atoms with Gasteiger partial charge in [0.1, 0.15) is 17.7 Å². The number of benzene rings is 2. The van der Waals surface area contributed by atoms with Gasteiger partial charge in [0.15, 0.2) is 5.82 Å². The molecule has 0 unspecified atom stereocenters. The molecule has 4 N–H and O–H groups in total. The van der Waals surface area contributed by atoms with E-state index in [9.17, 15) is 14.0 Å². The molecule has 2 amide bonds. The Hall–Kier alpha value is -4.47. The van der Waals surface area contributed by atoms with Gasteiger partial charge in [0.05, 0.1) is 12.2 Å². The molecule has 0 radical (unpaired) electrons. The highest BCUT2D eigenvalue weighted by Crippen LogP contribution is 2.33. The van der Waals surface area contributed by atoms with Crippen molar-refractivity contribution in [1.82, 2.24) is 14.6 Å². The van der Waals surface area contributed by atoms with E-state index in [1.54, 1.807) is 50.4 Å². The number of anilines is 3. The number of esters is 1. The number of nitrogens with one attached hydrogen (secondary N) is 2. The summed E-state index contributed by atoms with van der Waals surface area (Å²) in [5.74, 6) is -0.734. The van der Waals surface area contributed by atoms with E-state index in [-0.39, 0.29) is 12.4 Å². The maximum absolute atomic E-state index is 13.5. The maximum Gasteiger partial charge on any atom is 0.340 e. The zero-order chi connectivity index (χ0) is 23.5. The van der Waals surface area contributed by atoms with Crippen molar-refractivity contribution in [2.45, 2.75) is 13.8 Å². The molecule has 4 aromatic rings. The first-order chi connectivity index (χ1) is 15.9. The number of halogens is 1. The lowest BCUT2D eigenvalue weighted by molar-refractivity contribution is 0.0527. The Morgan fingerprint density at radius 2 is 1.85 bits per heavy atom. The molecule has 0 spiro atoms. The Morgan fingerprint density at radius 1 is 1.12 bits per heavy atom. The molecule has 10 heteroatoms. The summed E-state index contributed by atoms with van der Waals surface area (Å²) in [7, 11) is 0. The number of ether oxygens (including phenoxy) is 1. The number of amides is 2. The van der Waals surface area contributed by atoms with E-state index >= 15 is 0 Å². The smallest absolute Gasteiger partial charge is 0.340 e. The van der Waals surface area contributed by atoms with Crippen LogP contribution < -0.4 is 16.4 Å². The minimum absolute atomic E-state index is 0.211. The highest BCUT2D eigenvalue weighted by atomic mass is 19.1. The average molecular weight is 448 g/mol. The van der Waals surface area contributed by atoms with E-state index in [1.165, 1.54) is 23.0 Å². The van der Waals surface area contributed by atoms with Gasteiger partial charge in [-0.15, -0.1) is 0 Å². The van der Waals surface area contributed by atoms with Crippen molar-refractivity contribution in [3.05, 3.63) is 71.9 Å². The fraction of sp³-hybridized carbons (Fsp3) is 0.130. The van der Waals surface area contributed by atoms with E-state index in [0.29, 0.717) is 39.1 Å². The summed E-state index contributed by atoms with van der Waals surface area (Å²) < 4.78 is 20.2. The molecular weight excluding hydrogens is 427 g/mol. The van der Waals surface area contributed by atoms with Crippen LogP contribution >= 0.6 is 0 Å². The zero-order valence-corrected chi connectivity index (χ0v) is 17.9. The molecule has 2 aromatic carbocycles. The third-order valence-electron chi connectivity index (χ3n) is 4.83. The third-order valence-corrected chi connectivity index (χ3v) is 4.83. The van der Waals surface area contributed by atoms with Crippen molar-refractivity contribution in [1.29, 1.82) is 0 Å². The van der Waals surface area contributed by atoms with E-state index in [2.05, 4.69) is 20.7 Å². The van der Waals surface area contributed by atoms with E-state index in [4.69, 9.17) is 10.5 Å². The van der Waals surface area contributed by atoms with Crippen LogP contribution in [0.1, 0.15) is 22.8 Å². The van der Waals surface area contributed by atoms with E-state index in [0.717, 1.165) is 0 Å². The van der Waals surface area contributed by atoms with Crippen LogP contribution in [0.3, 0.4) is 0 Å². The van der Waals surface area contributed by atoms with Crippen LogP contribution in [0.25, 0.3) is 16.6 Å². The van der Waals surface area contributed by atoms with Crippen LogP contribution in [0.5, 0.6) is 0 Å². The number of aryl methyl sites for hydroxylation is 1. The van der Waals surface area contributed by atoms with Crippen molar-refractivity contribution in [2.24, 2.45) is 0 Å². The van der Waals surface area contributed by atoms with Crippen molar-refractivity contribution in [3.8, 4) is 11.1 Å². The maximum atomic E-state index is 13.5. The number of carbonyl (C=O) groups is 2. The number of hydrogen-bond acceptors (Lipinski definition) is 6. The van der Waals surface area contributed by atoms with Gasteiger partial charge in [0, 0.05) is 23.1 Å². The third kappa shape index (κ3) is 4.59. The molecule has 0 aliphatic rings. The second-order valence-corrected chi connectivity index (χ2v) is 7.25. The average Bonchev–Trinajstić information content (AvgIpc) is 3.15. The summed E-state index contributed by atoms with van der Waals surface area (Å²) in [6, 6.07) is 10.5. The van der Waals surface area contributed by atoms with Gasteiger partial charge < -0.3 is 21.1 Å². The van der Waals surface area contributed by atoms with Gasteiger partial charge in [-0.2, -0.15) is 5.10 Å². The van der Waals surface area contributed by atoms with Crippen LogP contribution in [-0.2, 0) is 4.74 Å². The SMILES string of the molecule is CCOC(=O)c1cn2ncnc(N)c2c1-c1ccc(NC(=O)Nc2cc(C)cc(F)c2)cc1. The molecule has 4 rings (SSSR count). The number of carbonyl (C=O) groups excluding carboxylic acids is 2. The Kier molecular flexibility index (Phi) is 5.90. The summed E-state index contributed by atoms with van der Waals surface area (Å²) in [5.41, 5.74) is 9.54. The number of fused-ring (bicyclic) bond motifs is 1. The van der Waals surface area contributed by atoms with Gasteiger partial charge in [-0.1, -0.05) is 12.1 Å². The first-order valence-electron chi connectivity index (χ1n) is 10.1. The van der Waals surface area contributed by atoms with Crippen molar-refractivity contribution < 1.29 is 18.7 Å². The molecule has 0 saturated heterocycles. The van der Waals surface area contributed by atoms with Crippen molar-refractivity contribution in [2.75, 3.05) is 23.0 Å². The fourth-order valence-electron chi connectivity index (χ4n) is 3.51. The number of nitrogen functional groups attached to an aromatic ring is 1. The Balaban J connectivity index is 1.61. The van der Waals surface area contributed by atoms with Crippen molar-refractivity contribution in [3.63, 3.8) is 0 Å². The molecule has 0 saturated carbocycles. The fourth-order valence-corrected chi connectivity index (χ4v) is 3.51. The molecule has 0 aliphatic carbocycles. The summed E-state index contributed by atoms with van der Waals surface area (Å²) >= 11 is 0. The molecule has 2 heterocycles. The first kappa shape index (κ1) is 21.8. The highest BCUT2D eigenvalue weighted by molar-refractivity contribution is 6.05. The van der Waals surface area contributed by atoms with Gasteiger partial charge in [-0.05, 0) is 55.3 Å². The number of nitrogens with zero attached hydrogens (tertiary/aromatic N) is 3. The minimum Gasteiger partial charge on any atom is -0.462 e. The summed E-state index contributed by atoms with van der Waals surface area (Å²) in [5, 5.41) is 9.41. The number of aromatic nitrogens is 3. The van der Waals surface area contributed by atoms with Crippen LogP contribution in [0.2, 0.25) is 0 Å². The second-order valence-electron chi connectivity index (χ2n) is 7.25. The Bertz CT molecular complexity index is 1330. The minimum atomic E-state index is -0.521. The second kappa shape index (κ2) is 8.95. The molecule has 2 aromatic heterocycles. The lowest BCUT2D eigenvalue weighted by atomic mass is 10.0. The van der Waals surface area contributed by atoms with Gasteiger partial charge in [-0.25, -0.2) is 23.5 Å². The van der Waals surface area contributed by atoms with Crippen LogP contribution in [0, 0.1) is 12.7 Å². The van der Waals surface area contributed by atoms with Crippen LogP contribution in [-0.4, -0.2) is 33.2 Å². The number of urea groups is 1. The molecule has 0 bridgehead atoms. The van der Waals surface area contributed by atoms with Gasteiger partial charge in [-0.3, -0.25) is 0 Å². The largest absolute Gasteiger partial charge is 0.462 e. The molecular formula is C23H21FN6O3. The molecule has 9 nitrogen and oxygen atoms in total. The van der Waals surface area contributed by atoms with Crippen LogP contribution in [0.4, 0.5) is 26.4 Å². The monoisotopic (exact) mass is 448 g/mol. The number of nitrogens with two attached hydrogens (primary N) is 1. The van der Waals surface area contributed by atoms with Gasteiger partial charge in [0.25, 0.3) is 0 Å². The Morgan fingerprint density at radius 3 is 2.55 bits per heavy atom. The van der Waals surface area contributed by atoms with Crippen molar-refractivity contribution >= 4 is 34.7 Å². The summed E-state index contributed by atoms with van der Waals surface area (Å²) in [4.78, 5) is 28.9. The predicted octanol–water partition coefficient (Wildman–Crippen LogP) is 4.25. The molecule has 0 fully saturated rings. The van der Waals surface area contributed by atoms with E-state index < -0.39 is 17.8 Å². The lowest BCUT2D eigenvalue weighted by Crippen LogP contribution is -2.19. The number of rotatable bonds is 5. The zero-order valence-electron chi connectivity index (χ0n) is 17.9.